The van der Waals surface area contributed by atoms with E-state index >= 15 is 0 Å². The first-order chi connectivity index (χ1) is 11.6. The molecule has 0 bridgehead atoms. The van der Waals surface area contributed by atoms with Gasteiger partial charge in [-0.3, -0.25) is 5.32 Å². The lowest BCUT2D eigenvalue weighted by atomic mass is 10.1. The van der Waals surface area contributed by atoms with E-state index in [1.807, 2.05) is 6.92 Å². The van der Waals surface area contributed by atoms with Crippen LogP contribution < -0.4 is 10.6 Å². The van der Waals surface area contributed by atoms with Crippen molar-refractivity contribution in [2.24, 2.45) is 0 Å². The third kappa shape index (κ3) is 3.36. The molecule has 0 atom stereocenters. The van der Waals surface area contributed by atoms with Gasteiger partial charge in [-0.15, -0.1) is 0 Å². The normalized spacial score (nSPS) is 10.6. The summed E-state index contributed by atoms with van der Waals surface area (Å²) in [5.74, 6) is 0.316. The molecule has 0 fully saturated rings. The van der Waals surface area contributed by atoms with E-state index in [0.29, 0.717) is 29.2 Å². The van der Waals surface area contributed by atoms with Crippen LogP contribution in [-0.2, 0) is 0 Å². The molecule has 0 saturated carbocycles. The molecule has 0 aliphatic rings. The van der Waals surface area contributed by atoms with Gasteiger partial charge in [0, 0.05) is 12.1 Å². The summed E-state index contributed by atoms with van der Waals surface area (Å²) in [6.45, 7) is 2.33. The summed E-state index contributed by atoms with van der Waals surface area (Å²) in [6.07, 6.45) is 1.47. The second-order valence-electron chi connectivity index (χ2n) is 4.95. The summed E-state index contributed by atoms with van der Waals surface area (Å²) in [7, 11) is 0. The topological polar surface area (TPSA) is 100 Å². The Balaban J connectivity index is 1.96. The number of rotatable bonds is 3. The van der Waals surface area contributed by atoms with Crippen LogP contribution in [0.5, 0.6) is 5.75 Å². The maximum absolute atomic E-state index is 11.6. The van der Waals surface area contributed by atoms with Crippen LogP contribution in [-0.4, -0.2) is 32.6 Å². The average molecular weight is 344 g/mol. The summed E-state index contributed by atoms with van der Waals surface area (Å²) >= 11 is 5.93. The molecule has 0 radical (unpaired) electrons. The number of aromatic nitrogens is 3. The third-order valence-electron chi connectivity index (χ3n) is 3.23. The number of carbonyl (C=O) groups excluding carboxylic acids is 1. The molecule has 3 aromatic rings. The SMILES string of the molecule is CCNC(=O)Nc1cnc2ccc(-c3ccc(O)c(Cl)c3)nc2n1. The third-order valence-corrected chi connectivity index (χ3v) is 3.53. The highest BCUT2D eigenvalue weighted by Gasteiger charge is 2.08. The molecule has 8 heteroatoms. The Morgan fingerprint density at radius 1 is 1.25 bits per heavy atom. The van der Waals surface area contributed by atoms with Gasteiger partial charge in [0.25, 0.3) is 0 Å². The first-order valence-corrected chi connectivity index (χ1v) is 7.62. The minimum atomic E-state index is -0.354. The van der Waals surface area contributed by atoms with E-state index in [1.165, 1.54) is 12.3 Å². The van der Waals surface area contributed by atoms with Crippen LogP contribution in [0.4, 0.5) is 10.6 Å². The van der Waals surface area contributed by atoms with E-state index in [0.717, 1.165) is 5.56 Å². The lowest BCUT2D eigenvalue weighted by Crippen LogP contribution is -2.28. The molecule has 0 aliphatic heterocycles. The van der Waals surface area contributed by atoms with Gasteiger partial charge in [-0.1, -0.05) is 11.6 Å². The van der Waals surface area contributed by atoms with Crippen LogP contribution in [0.25, 0.3) is 22.4 Å². The van der Waals surface area contributed by atoms with Gasteiger partial charge in [0.15, 0.2) is 11.5 Å². The molecule has 2 amide bonds. The van der Waals surface area contributed by atoms with Crippen molar-refractivity contribution in [1.82, 2.24) is 20.3 Å². The van der Waals surface area contributed by atoms with Gasteiger partial charge in [-0.25, -0.2) is 19.7 Å². The number of phenolic OH excluding ortho intramolecular Hbond substituents is 1. The number of anilines is 1. The number of carbonyl (C=O) groups is 1. The van der Waals surface area contributed by atoms with Gasteiger partial charge < -0.3 is 10.4 Å². The molecule has 1 aromatic carbocycles. The molecule has 0 unspecified atom stereocenters. The fourth-order valence-corrected chi connectivity index (χ4v) is 2.29. The number of nitrogens with one attached hydrogen (secondary N) is 2. The summed E-state index contributed by atoms with van der Waals surface area (Å²) in [4.78, 5) is 24.5. The highest BCUT2D eigenvalue weighted by atomic mass is 35.5. The van der Waals surface area contributed by atoms with Crippen molar-refractivity contribution in [2.75, 3.05) is 11.9 Å². The summed E-state index contributed by atoms with van der Waals surface area (Å²) in [5, 5.41) is 15.0. The van der Waals surface area contributed by atoms with Crippen molar-refractivity contribution in [2.45, 2.75) is 6.92 Å². The Bertz CT molecular complexity index is 916. The highest BCUT2D eigenvalue weighted by molar-refractivity contribution is 6.32. The van der Waals surface area contributed by atoms with Crippen molar-refractivity contribution < 1.29 is 9.90 Å². The molecule has 3 N–H and O–H groups in total. The van der Waals surface area contributed by atoms with E-state index in [-0.39, 0.29) is 16.8 Å². The number of phenols is 1. The molecule has 24 heavy (non-hydrogen) atoms. The molecule has 3 rings (SSSR count). The number of amides is 2. The minimum absolute atomic E-state index is 0.00872. The van der Waals surface area contributed by atoms with Crippen molar-refractivity contribution >= 4 is 34.6 Å². The number of benzene rings is 1. The van der Waals surface area contributed by atoms with Crippen LogP contribution in [0.1, 0.15) is 6.92 Å². The van der Waals surface area contributed by atoms with Crippen LogP contribution in [0, 0.1) is 0 Å². The number of hydrogen-bond acceptors (Lipinski definition) is 5. The Morgan fingerprint density at radius 3 is 2.83 bits per heavy atom. The lowest BCUT2D eigenvalue weighted by molar-refractivity contribution is 0.252. The highest BCUT2D eigenvalue weighted by Crippen LogP contribution is 2.29. The second-order valence-corrected chi connectivity index (χ2v) is 5.35. The molecule has 122 valence electrons. The maximum Gasteiger partial charge on any atom is 0.320 e. The Labute approximate surface area is 142 Å². The second kappa shape index (κ2) is 6.67. The average Bonchev–Trinajstić information content (AvgIpc) is 2.57. The summed E-state index contributed by atoms with van der Waals surface area (Å²) < 4.78 is 0. The van der Waals surface area contributed by atoms with Crippen LogP contribution in [0.15, 0.2) is 36.5 Å². The molecule has 0 spiro atoms. The standard InChI is InChI=1S/C16H14ClN5O2/c1-2-18-16(24)22-14-8-19-12-5-4-11(20-15(12)21-14)9-3-6-13(23)10(17)7-9/h3-8,23H,2H2,1H3,(H2,18,20,21,22,24). The molecular formula is C16H14ClN5O2. The van der Waals surface area contributed by atoms with E-state index in [2.05, 4.69) is 25.6 Å². The van der Waals surface area contributed by atoms with Crippen molar-refractivity contribution in [3.05, 3.63) is 41.6 Å². The molecule has 2 aromatic heterocycles. The Kier molecular flexibility index (Phi) is 4.43. The number of aromatic hydroxyl groups is 1. The number of hydrogen-bond donors (Lipinski definition) is 3. The quantitative estimate of drug-likeness (QED) is 0.678. The lowest BCUT2D eigenvalue weighted by Gasteiger charge is -2.07. The van der Waals surface area contributed by atoms with E-state index in [1.54, 1.807) is 24.3 Å². The van der Waals surface area contributed by atoms with Gasteiger partial charge in [-0.2, -0.15) is 0 Å². The largest absolute Gasteiger partial charge is 0.506 e. The predicted octanol–water partition coefficient (Wildman–Crippen LogP) is 3.19. The molecule has 7 nitrogen and oxygen atoms in total. The summed E-state index contributed by atoms with van der Waals surface area (Å²) in [5.41, 5.74) is 2.37. The fraction of sp³-hybridized carbons (Fsp3) is 0.125. The van der Waals surface area contributed by atoms with Crippen LogP contribution in [0.3, 0.4) is 0 Å². The van der Waals surface area contributed by atoms with Gasteiger partial charge in [0.1, 0.15) is 11.3 Å². The summed E-state index contributed by atoms with van der Waals surface area (Å²) in [6, 6.07) is 8.04. The van der Waals surface area contributed by atoms with Gasteiger partial charge in [0.05, 0.1) is 16.9 Å². The molecular weight excluding hydrogens is 330 g/mol. The molecule has 0 saturated heterocycles. The fourth-order valence-electron chi connectivity index (χ4n) is 2.11. The zero-order chi connectivity index (χ0) is 17.1. The number of halogens is 1. The maximum atomic E-state index is 11.6. The van der Waals surface area contributed by atoms with Crippen LogP contribution in [0.2, 0.25) is 5.02 Å². The van der Waals surface area contributed by atoms with Gasteiger partial charge in [-0.05, 0) is 37.3 Å². The van der Waals surface area contributed by atoms with E-state index in [4.69, 9.17) is 11.6 Å². The van der Waals surface area contributed by atoms with Gasteiger partial charge >= 0.3 is 6.03 Å². The smallest absolute Gasteiger partial charge is 0.320 e. The minimum Gasteiger partial charge on any atom is -0.506 e. The number of nitrogens with zero attached hydrogens (tertiary/aromatic N) is 3. The zero-order valence-corrected chi connectivity index (χ0v) is 13.5. The first kappa shape index (κ1) is 15.9. The monoisotopic (exact) mass is 343 g/mol. The zero-order valence-electron chi connectivity index (χ0n) is 12.7. The molecule has 0 aliphatic carbocycles. The Morgan fingerprint density at radius 2 is 2.08 bits per heavy atom. The first-order valence-electron chi connectivity index (χ1n) is 7.24. The van der Waals surface area contributed by atoms with Crippen LogP contribution >= 0.6 is 11.6 Å². The number of fused-ring (bicyclic) bond motifs is 1. The number of urea groups is 1. The van der Waals surface area contributed by atoms with E-state index in [9.17, 15) is 9.90 Å². The Hall–Kier alpha value is -2.93. The predicted molar refractivity (Wildman–Crippen MR) is 92.1 cm³/mol. The molecule has 2 heterocycles. The van der Waals surface area contributed by atoms with Gasteiger partial charge in [0.2, 0.25) is 0 Å². The van der Waals surface area contributed by atoms with Crippen molar-refractivity contribution in [3.63, 3.8) is 0 Å². The number of pyridine rings is 1. The van der Waals surface area contributed by atoms with E-state index < -0.39 is 0 Å². The van der Waals surface area contributed by atoms with Crippen molar-refractivity contribution in [3.8, 4) is 17.0 Å². The van der Waals surface area contributed by atoms with Crippen molar-refractivity contribution in [1.29, 1.82) is 0 Å².